The van der Waals surface area contributed by atoms with Gasteiger partial charge in [0.25, 0.3) is 5.19 Å². The maximum absolute atomic E-state index is 11.3. The number of carboxylic acids is 1. The molecule has 2 heterocycles. The molecule has 0 amide bonds. The summed E-state index contributed by atoms with van der Waals surface area (Å²) in [5.41, 5.74) is 0.881. The Morgan fingerprint density at radius 1 is 1.29 bits per heavy atom. The average molecular weight is 318 g/mol. The molecular formula is C14H10N2O3S2. The van der Waals surface area contributed by atoms with Crippen LogP contribution in [0.1, 0.15) is 15.2 Å². The van der Waals surface area contributed by atoms with Gasteiger partial charge < -0.3 is 9.84 Å². The smallest absolute Gasteiger partial charge is 0.335 e. The van der Waals surface area contributed by atoms with Gasteiger partial charge in [-0.15, -0.1) is 11.3 Å². The van der Waals surface area contributed by atoms with E-state index in [0.29, 0.717) is 10.9 Å². The Balaban J connectivity index is 2.03. The Kier molecular flexibility index (Phi) is 3.68. The molecule has 3 rings (SSSR count). The zero-order valence-electron chi connectivity index (χ0n) is 10.9. The van der Waals surface area contributed by atoms with Crippen molar-refractivity contribution in [1.82, 2.24) is 9.97 Å². The third-order valence-corrected chi connectivity index (χ3v) is 4.25. The van der Waals surface area contributed by atoms with Crippen LogP contribution in [0.2, 0.25) is 0 Å². The van der Waals surface area contributed by atoms with Crippen molar-refractivity contribution in [3.8, 4) is 21.5 Å². The number of aromatic nitrogens is 2. The number of hydrogen-bond donors (Lipinski definition) is 1. The lowest BCUT2D eigenvalue weighted by Gasteiger charge is -2.06. The largest absolute Gasteiger partial charge is 0.478 e. The zero-order valence-corrected chi connectivity index (χ0v) is 12.6. The molecule has 0 aliphatic heterocycles. The summed E-state index contributed by atoms with van der Waals surface area (Å²) >= 11 is 2.85. The molecule has 0 aliphatic rings. The molecule has 0 atom stereocenters. The van der Waals surface area contributed by atoms with E-state index in [2.05, 4.69) is 9.97 Å². The molecule has 3 aromatic rings. The fourth-order valence-corrected chi connectivity index (χ4v) is 3.01. The van der Waals surface area contributed by atoms with E-state index in [4.69, 9.17) is 4.74 Å². The van der Waals surface area contributed by atoms with Gasteiger partial charge in [0, 0.05) is 28.2 Å². The van der Waals surface area contributed by atoms with Crippen LogP contribution in [0.3, 0.4) is 0 Å². The fourth-order valence-electron chi connectivity index (χ4n) is 1.75. The number of carboxylic acid groups (broad SMARTS) is 1. The van der Waals surface area contributed by atoms with Gasteiger partial charge in [0.2, 0.25) is 0 Å². The lowest BCUT2D eigenvalue weighted by atomic mass is 10.1. The second-order valence-electron chi connectivity index (χ2n) is 4.23. The molecule has 0 radical (unpaired) electrons. The lowest BCUT2D eigenvalue weighted by molar-refractivity contribution is 0.0696. The van der Waals surface area contributed by atoms with Gasteiger partial charge in [-0.3, -0.25) is 0 Å². The van der Waals surface area contributed by atoms with Crippen LogP contribution >= 0.6 is 22.7 Å². The molecule has 0 fully saturated rings. The van der Waals surface area contributed by atoms with Crippen LogP contribution in [0.4, 0.5) is 0 Å². The number of carbonyl (C=O) groups is 1. The van der Waals surface area contributed by atoms with E-state index in [1.54, 1.807) is 29.9 Å². The highest BCUT2D eigenvalue weighted by Crippen LogP contribution is 2.32. The third-order valence-electron chi connectivity index (χ3n) is 2.64. The number of rotatable bonds is 4. The van der Waals surface area contributed by atoms with E-state index in [-0.39, 0.29) is 5.56 Å². The van der Waals surface area contributed by atoms with Crippen LogP contribution in [-0.2, 0) is 0 Å². The molecular weight excluding hydrogens is 308 g/mol. The summed E-state index contributed by atoms with van der Waals surface area (Å²) in [5.74, 6) is -0.568. The second-order valence-corrected chi connectivity index (χ2v) is 6.32. The molecule has 1 aromatic carbocycles. The maximum Gasteiger partial charge on any atom is 0.335 e. The SMILES string of the molecule is Cc1cnc(-c2cc(Oc3nccs3)cc(C(=O)O)c2)s1. The van der Waals surface area contributed by atoms with Gasteiger partial charge in [-0.1, -0.05) is 11.3 Å². The minimum atomic E-state index is -1.01. The maximum atomic E-state index is 11.3. The molecule has 1 N–H and O–H groups in total. The van der Waals surface area contributed by atoms with Crippen molar-refractivity contribution in [2.24, 2.45) is 0 Å². The first-order valence-electron chi connectivity index (χ1n) is 6.00. The van der Waals surface area contributed by atoms with Gasteiger partial charge in [0.1, 0.15) is 10.8 Å². The van der Waals surface area contributed by atoms with E-state index in [1.807, 2.05) is 6.92 Å². The fraction of sp³-hybridized carbons (Fsp3) is 0.0714. The van der Waals surface area contributed by atoms with Crippen LogP contribution < -0.4 is 4.74 Å². The molecule has 0 spiro atoms. The van der Waals surface area contributed by atoms with Crippen LogP contribution in [0.25, 0.3) is 10.6 Å². The summed E-state index contributed by atoms with van der Waals surface area (Å²) in [4.78, 5) is 20.6. The Labute approximate surface area is 128 Å². The summed E-state index contributed by atoms with van der Waals surface area (Å²) in [7, 11) is 0. The first kappa shape index (κ1) is 13.7. The van der Waals surface area contributed by atoms with E-state index >= 15 is 0 Å². The van der Waals surface area contributed by atoms with Crippen LogP contribution in [0, 0.1) is 6.92 Å². The predicted molar refractivity (Wildman–Crippen MR) is 81.4 cm³/mol. The number of aryl methyl sites for hydroxylation is 1. The molecule has 5 nitrogen and oxygen atoms in total. The number of aromatic carboxylic acids is 1. The molecule has 106 valence electrons. The Morgan fingerprint density at radius 2 is 2.14 bits per heavy atom. The highest BCUT2D eigenvalue weighted by Gasteiger charge is 2.12. The summed E-state index contributed by atoms with van der Waals surface area (Å²) in [6.07, 6.45) is 3.39. The normalized spacial score (nSPS) is 10.5. The number of thiazole rings is 2. The van der Waals surface area contributed by atoms with Gasteiger partial charge in [-0.05, 0) is 25.1 Å². The van der Waals surface area contributed by atoms with Crippen molar-refractivity contribution in [3.05, 3.63) is 46.4 Å². The van der Waals surface area contributed by atoms with E-state index < -0.39 is 5.97 Å². The highest BCUT2D eigenvalue weighted by molar-refractivity contribution is 7.15. The molecule has 0 aliphatic carbocycles. The van der Waals surface area contributed by atoms with E-state index in [1.165, 1.54) is 28.7 Å². The van der Waals surface area contributed by atoms with Gasteiger partial charge >= 0.3 is 5.97 Å². The summed E-state index contributed by atoms with van der Waals surface area (Å²) < 4.78 is 5.60. The average Bonchev–Trinajstić information content (AvgIpc) is 3.10. The quantitative estimate of drug-likeness (QED) is 0.785. The zero-order chi connectivity index (χ0) is 14.8. The van der Waals surface area contributed by atoms with Crippen molar-refractivity contribution in [2.75, 3.05) is 0 Å². The first-order chi connectivity index (χ1) is 10.1. The van der Waals surface area contributed by atoms with E-state index in [9.17, 15) is 9.90 Å². The van der Waals surface area contributed by atoms with Gasteiger partial charge in [0.05, 0.1) is 5.56 Å². The minimum Gasteiger partial charge on any atom is -0.478 e. The molecule has 7 heteroatoms. The number of benzene rings is 1. The van der Waals surface area contributed by atoms with Crippen molar-refractivity contribution in [3.63, 3.8) is 0 Å². The number of ether oxygens (including phenoxy) is 1. The lowest BCUT2D eigenvalue weighted by Crippen LogP contribution is -1.97. The monoisotopic (exact) mass is 318 g/mol. The number of hydrogen-bond acceptors (Lipinski definition) is 6. The number of nitrogens with zero attached hydrogens (tertiary/aromatic N) is 2. The summed E-state index contributed by atoms with van der Waals surface area (Å²) in [6, 6.07) is 4.84. The van der Waals surface area contributed by atoms with Crippen LogP contribution in [0.15, 0.2) is 36.0 Å². The van der Waals surface area contributed by atoms with E-state index in [0.717, 1.165) is 15.4 Å². The van der Waals surface area contributed by atoms with Crippen molar-refractivity contribution >= 4 is 28.6 Å². The summed E-state index contributed by atoms with van der Waals surface area (Å²) in [5, 5.41) is 12.3. The van der Waals surface area contributed by atoms with Gasteiger partial charge in [-0.25, -0.2) is 14.8 Å². The Hall–Kier alpha value is -2.25. The Bertz CT molecular complexity index is 781. The molecule has 0 unspecified atom stereocenters. The van der Waals surface area contributed by atoms with Crippen LogP contribution in [0.5, 0.6) is 10.9 Å². The molecule has 2 aromatic heterocycles. The van der Waals surface area contributed by atoms with Gasteiger partial charge in [0.15, 0.2) is 0 Å². The Morgan fingerprint density at radius 3 is 2.76 bits per heavy atom. The summed E-state index contributed by atoms with van der Waals surface area (Å²) in [6.45, 7) is 1.95. The minimum absolute atomic E-state index is 0.159. The predicted octanol–water partition coefficient (Wildman–Crippen LogP) is 4.07. The molecule has 0 saturated heterocycles. The molecule has 21 heavy (non-hydrogen) atoms. The first-order valence-corrected chi connectivity index (χ1v) is 7.70. The molecule has 0 bridgehead atoms. The van der Waals surface area contributed by atoms with Crippen molar-refractivity contribution < 1.29 is 14.6 Å². The van der Waals surface area contributed by atoms with Gasteiger partial charge in [-0.2, -0.15) is 0 Å². The van der Waals surface area contributed by atoms with Crippen molar-refractivity contribution in [2.45, 2.75) is 6.92 Å². The van der Waals surface area contributed by atoms with Crippen molar-refractivity contribution in [1.29, 1.82) is 0 Å². The highest BCUT2D eigenvalue weighted by atomic mass is 32.1. The third kappa shape index (κ3) is 3.09. The van der Waals surface area contributed by atoms with Crippen LogP contribution in [-0.4, -0.2) is 21.0 Å². The molecule has 0 saturated carbocycles. The second kappa shape index (κ2) is 5.63. The standard InChI is InChI=1S/C14H10N2O3S2/c1-8-7-16-12(21-8)9-4-10(13(17)18)6-11(5-9)19-14-15-2-3-20-14/h2-7H,1H3,(H,17,18). The topological polar surface area (TPSA) is 72.3 Å².